The highest BCUT2D eigenvalue weighted by Gasteiger charge is 2.40. The van der Waals surface area contributed by atoms with Crippen molar-refractivity contribution in [3.8, 4) is 5.75 Å². The Morgan fingerprint density at radius 3 is 2.43 bits per heavy atom. The van der Waals surface area contributed by atoms with Gasteiger partial charge in [0, 0.05) is 34.7 Å². The maximum Gasteiger partial charge on any atom is 0.416 e. The minimum Gasteiger partial charge on any atom is -0.505 e. The molecule has 1 aliphatic rings. The average molecular weight is 720 g/mol. The molecule has 1 aliphatic heterocycles. The molecule has 2 unspecified atom stereocenters. The number of amides is 2. The third kappa shape index (κ3) is 8.34. The fourth-order valence-corrected chi connectivity index (χ4v) is 5.73. The number of anilines is 2. The van der Waals surface area contributed by atoms with Crippen molar-refractivity contribution < 1.29 is 32.2 Å². The van der Waals surface area contributed by atoms with Gasteiger partial charge in [-0.25, -0.2) is 0 Å². The third-order valence-corrected chi connectivity index (χ3v) is 8.22. The van der Waals surface area contributed by atoms with E-state index in [2.05, 4.69) is 33.2 Å². The van der Waals surface area contributed by atoms with Gasteiger partial charge in [0.15, 0.2) is 0 Å². The van der Waals surface area contributed by atoms with Crippen molar-refractivity contribution in [2.45, 2.75) is 36.7 Å². The molecule has 1 heterocycles. The van der Waals surface area contributed by atoms with Gasteiger partial charge < -0.3 is 25.0 Å². The predicted octanol–water partition coefficient (Wildman–Crippen LogP) is 7.66. The number of rotatable bonds is 11. The number of carbonyl (C=O) groups excluding carboxylic acids is 2. The van der Waals surface area contributed by atoms with Crippen molar-refractivity contribution in [1.29, 1.82) is 0 Å². The summed E-state index contributed by atoms with van der Waals surface area (Å²) in [6, 6.07) is 19.3. The number of fused-ring (bicyclic) bond motifs is 1. The molecule has 0 radical (unpaired) electrons. The first-order valence-electron chi connectivity index (χ1n) is 13.8. The predicted molar refractivity (Wildman–Crippen MR) is 173 cm³/mol. The van der Waals surface area contributed by atoms with Gasteiger partial charge in [0.25, 0.3) is 5.91 Å². The van der Waals surface area contributed by atoms with E-state index < -0.39 is 23.8 Å². The molecule has 232 valence electrons. The second-order valence-corrected chi connectivity index (χ2v) is 11.8. The number of benzene rings is 3. The van der Waals surface area contributed by atoms with Gasteiger partial charge in [-0.15, -0.1) is 0 Å². The first kappa shape index (κ1) is 32.9. The normalized spacial score (nSPS) is 16.6. The van der Waals surface area contributed by atoms with E-state index in [1.54, 1.807) is 60.9 Å². The fourth-order valence-electron chi connectivity index (χ4n) is 4.96. The van der Waals surface area contributed by atoms with E-state index in [9.17, 15) is 22.8 Å². The number of hydrogen-bond acceptors (Lipinski definition) is 5. The largest absolute Gasteiger partial charge is 0.505 e. The lowest BCUT2D eigenvalue weighted by atomic mass is 9.93. The smallest absolute Gasteiger partial charge is 0.416 e. The second kappa shape index (κ2) is 14.7. The van der Waals surface area contributed by atoms with Gasteiger partial charge in [0.1, 0.15) is 18.5 Å². The van der Waals surface area contributed by atoms with Crippen LogP contribution in [-0.4, -0.2) is 40.5 Å². The van der Waals surface area contributed by atoms with Crippen LogP contribution in [0.2, 0.25) is 0 Å². The summed E-state index contributed by atoms with van der Waals surface area (Å²) >= 11 is 2.24. The summed E-state index contributed by atoms with van der Waals surface area (Å²) in [4.78, 5) is 26.7. The molecule has 0 spiro atoms. The Labute approximate surface area is 268 Å². The molecule has 7 nitrogen and oxygen atoms in total. The number of allylic oxidation sites excluding steroid dienone is 1. The highest BCUT2D eigenvalue weighted by Crippen LogP contribution is 2.37. The van der Waals surface area contributed by atoms with Crippen LogP contribution in [0.5, 0.6) is 5.75 Å². The molecule has 3 atom stereocenters. The van der Waals surface area contributed by atoms with Gasteiger partial charge in [-0.3, -0.25) is 9.59 Å². The topological polar surface area (TPSA) is 79.9 Å². The number of para-hydroxylation sites is 1. The van der Waals surface area contributed by atoms with Crippen molar-refractivity contribution in [2.75, 3.05) is 24.4 Å². The molecule has 0 saturated carbocycles. The summed E-state index contributed by atoms with van der Waals surface area (Å²) in [6.45, 7) is 3.30. The van der Waals surface area contributed by atoms with Crippen molar-refractivity contribution in [3.63, 3.8) is 0 Å². The van der Waals surface area contributed by atoms with Gasteiger partial charge in [0.05, 0.1) is 24.5 Å². The highest BCUT2D eigenvalue weighted by molar-refractivity contribution is 14.1. The molecule has 0 saturated heterocycles. The van der Waals surface area contributed by atoms with Crippen LogP contribution in [0.15, 0.2) is 96.8 Å². The van der Waals surface area contributed by atoms with Crippen molar-refractivity contribution in [2.24, 2.45) is 5.92 Å². The second-order valence-electron chi connectivity index (χ2n) is 10.3. The number of nitrogens with one attached hydrogen (secondary N) is 2. The number of halogens is 4. The number of nitrogens with zero attached hydrogens (tertiary/aromatic N) is 1. The van der Waals surface area contributed by atoms with Crippen molar-refractivity contribution in [3.05, 3.63) is 113 Å². The zero-order chi connectivity index (χ0) is 31.9. The van der Waals surface area contributed by atoms with Crippen molar-refractivity contribution in [1.82, 2.24) is 4.90 Å². The van der Waals surface area contributed by atoms with Gasteiger partial charge in [-0.05, 0) is 66.6 Å². The Bertz CT molecular complexity index is 1530. The first-order valence-corrected chi connectivity index (χ1v) is 15.1. The molecule has 44 heavy (non-hydrogen) atoms. The number of hydrogen-bond donors (Lipinski definition) is 2. The van der Waals surface area contributed by atoms with E-state index in [1.165, 1.54) is 31.1 Å². The van der Waals surface area contributed by atoms with Crippen LogP contribution in [-0.2, 0) is 22.3 Å². The van der Waals surface area contributed by atoms with Crippen LogP contribution in [0.25, 0.3) is 0 Å². The fraction of sp³-hybridized carbons (Fsp3) is 0.273. The summed E-state index contributed by atoms with van der Waals surface area (Å²) in [5.41, 5.74) is 1.71. The van der Waals surface area contributed by atoms with E-state index in [-0.39, 0.29) is 34.5 Å². The molecular weight excluding hydrogens is 686 g/mol. The average Bonchev–Trinajstić information content (AvgIpc) is 2.99. The maximum atomic E-state index is 14.0. The van der Waals surface area contributed by atoms with Gasteiger partial charge in [-0.1, -0.05) is 59.0 Å². The monoisotopic (exact) mass is 719 g/mol. The highest BCUT2D eigenvalue weighted by atomic mass is 127. The number of ether oxygens (including phenoxy) is 2. The lowest BCUT2D eigenvalue weighted by molar-refractivity contribution is -0.138. The molecule has 0 aliphatic carbocycles. The van der Waals surface area contributed by atoms with Crippen LogP contribution < -0.4 is 15.4 Å². The number of alkyl halides is 4. The van der Waals surface area contributed by atoms with Crippen LogP contribution in [0.3, 0.4) is 0 Å². The summed E-state index contributed by atoms with van der Waals surface area (Å²) < 4.78 is 52.8. The van der Waals surface area contributed by atoms with Gasteiger partial charge in [-0.2, -0.15) is 13.2 Å². The van der Waals surface area contributed by atoms with Crippen LogP contribution in [0, 0.1) is 5.92 Å². The summed E-state index contributed by atoms with van der Waals surface area (Å²) in [7, 11) is 1.53. The molecule has 4 rings (SSSR count). The summed E-state index contributed by atoms with van der Waals surface area (Å²) in [5, 5.41) is 6.15. The van der Waals surface area contributed by atoms with E-state index >= 15 is 0 Å². The summed E-state index contributed by atoms with van der Waals surface area (Å²) in [5.74, 6) is -0.345. The molecule has 0 aromatic heterocycles. The minimum absolute atomic E-state index is 0.00228. The SMILES string of the molecule is CO/C=C/[C@H](I)C(/C=C(\C)COc1ccc(NC(C)=O)cc1)C1Nc2ccccc2C(=O)N1Cc1ccccc1C(F)(F)F. The molecule has 2 N–H and O–H groups in total. The van der Waals surface area contributed by atoms with Crippen LogP contribution in [0.1, 0.15) is 35.3 Å². The molecule has 0 bridgehead atoms. The molecule has 2 amide bonds. The standard InChI is InChI=1S/C33H33F3IN3O4/c1-21(20-44-25-14-12-24(13-15-25)38-22(2)41)18-27(29(37)16-17-43-3)31-39-30-11-7-5-9-26(30)32(42)40(31)19-23-8-4-6-10-28(23)33(34,35)36/h4-18,27,29,31,39H,19-20H2,1-3H3,(H,38,41)/b17-16+,21-18+/t27?,29-,31?/m0/s1. The zero-order valence-corrected chi connectivity index (χ0v) is 26.6. The molecule has 11 heteroatoms. The third-order valence-electron chi connectivity index (χ3n) is 6.97. The van der Waals surface area contributed by atoms with Crippen molar-refractivity contribution >= 4 is 45.8 Å². The number of methoxy groups -OCH3 is 1. The van der Waals surface area contributed by atoms with Gasteiger partial charge >= 0.3 is 6.18 Å². The first-order chi connectivity index (χ1) is 21.0. The maximum absolute atomic E-state index is 14.0. The molecule has 3 aromatic carbocycles. The minimum atomic E-state index is -4.57. The van der Waals surface area contributed by atoms with E-state index in [4.69, 9.17) is 9.47 Å². The van der Waals surface area contributed by atoms with E-state index in [1.807, 2.05) is 19.1 Å². The lowest BCUT2D eigenvalue weighted by Gasteiger charge is -2.42. The summed E-state index contributed by atoms with van der Waals surface area (Å²) in [6.07, 6.45) is 0.0863. The van der Waals surface area contributed by atoms with E-state index in [0.29, 0.717) is 22.7 Å². The Hall–Kier alpha value is -4.00. The molecular formula is C33H33F3IN3O4. The lowest BCUT2D eigenvalue weighted by Crippen LogP contribution is -2.53. The molecule has 0 fully saturated rings. The number of carbonyl (C=O) groups is 2. The Balaban J connectivity index is 1.68. The Kier molecular flexibility index (Phi) is 11.0. The van der Waals surface area contributed by atoms with Crippen LogP contribution >= 0.6 is 22.6 Å². The van der Waals surface area contributed by atoms with Gasteiger partial charge in [0.2, 0.25) is 5.91 Å². The Morgan fingerprint density at radius 1 is 1.07 bits per heavy atom. The molecule has 3 aromatic rings. The van der Waals surface area contributed by atoms with E-state index in [0.717, 1.165) is 11.6 Å². The Morgan fingerprint density at radius 2 is 1.75 bits per heavy atom. The quantitative estimate of drug-likeness (QED) is 0.0922. The van der Waals surface area contributed by atoms with Crippen LogP contribution in [0.4, 0.5) is 24.5 Å². The zero-order valence-electron chi connectivity index (χ0n) is 24.4.